The minimum absolute atomic E-state index is 0.0429. The van der Waals surface area contributed by atoms with Crippen LogP contribution in [0, 0.1) is 11.3 Å². The Kier molecular flexibility index (Phi) is 5.31. The SMILES string of the molecule is CCC(C)(C)C1CCC(NC(=O)COC2(C)CNC2)CC1. The first kappa shape index (κ1) is 16.8. The first-order chi connectivity index (χ1) is 9.85. The Hall–Kier alpha value is -0.610. The predicted molar refractivity (Wildman–Crippen MR) is 85.2 cm³/mol. The maximum atomic E-state index is 12.0. The third-order valence-electron chi connectivity index (χ3n) is 5.66. The summed E-state index contributed by atoms with van der Waals surface area (Å²) in [7, 11) is 0. The van der Waals surface area contributed by atoms with Crippen LogP contribution < -0.4 is 10.6 Å². The number of ether oxygens (including phenoxy) is 1. The molecule has 4 nitrogen and oxygen atoms in total. The van der Waals surface area contributed by atoms with Crippen molar-refractivity contribution in [3.8, 4) is 0 Å². The normalized spacial score (nSPS) is 28.8. The van der Waals surface area contributed by atoms with Crippen LogP contribution >= 0.6 is 0 Å². The monoisotopic (exact) mass is 296 g/mol. The zero-order valence-corrected chi connectivity index (χ0v) is 14.1. The van der Waals surface area contributed by atoms with E-state index in [0.29, 0.717) is 11.5 Å². The lowest BCUT2D eigenvalue weighted by Gasteiger charge is -2.40. The highest BCUT2D eigenvalue weighted by molar-refractivity contribution is 5.77. The van der Waals surface area contributed by atoms with Crippen LogP contribution in [-0.4, -0.2) is 37.2 Å². The molecule has 2 N–H and O–H groups in total. The van der Waals surface area contributed by atoms with Crippen LogP contribution in [0.4, 0.5) is 0 Å². The Labute approximate surface area is 129 Å². The molecule has 0 aromatic rings. The molecule has 0 aromatic heterocycles. The second kappa shape index (κ2) is 6.66. The molecule has 0 aromatic carbocycles. The van der Waals surface area contributed by atoms with Crippen molar-refractivity contribution >= 4 is 5.91 Å². The molecule has 4 heteroatoms. The molecule has 1 aliphatic carbocycles. The largest absolute Gasteiger partial charge is 0.363 e. The Bertz CT molecular complexity index is 356. The van der Waals surface area contributed by atoms with Crippen molar-refractivity contribution in [3.05, 3.63) is 0 Å². The number of carbonyl (C=O) groups is 1. The van der Waals surface area contributed by atoms with Crippen LogP contribution in [0.2, 0.25) is 0 Å². The highest BCUT2D eigenvalue weighted by Crippen LogP contribution is 2.40. The van der Waals surface area contributed by atoms with Crippen LogP contribution in [0.15, 0.2) is 0 Å². The maximum Gasteiger partial charge on any atom is 0.246 e. The summed E-state index contributed by atoms with van der Waals surface area (Å²) in [5.74, 6) is 0.841. The Morgan fingerprint density at radius 2 is 1.90 bits per heavy atom. The quantitative estimate of drug-likeness (QED) is 0.791. The molecule has 2 rings (SSSR count). The van der Waals surface area contributed by atoms with Crippen LogP contribution in [0.3, 0.4) is 0 Å². The van der Waals surface area contributed by atoms with E-state index in [9.17, 15) is 4.79 Å². The van der Waals surface area contributed by atoms with Gasteiger partial charge >= 0.3 is 0 Å². The average Bonchev–Trinajstić information content (AvgIpc) is 2.43. The zero-order valence-electron chi connectivity index (χ0n) is 14.1. The molecule has 2 fully saturated rings. The zero-order chi connectivity index (χ0) is 15.5. The molecule has 21 heavy (non-hydrogen) atoms. The van der Waals surface area contributed by atoms with Gasteiger partial charge in [0, 0.05) is 19.1 Å². The van der Waals surface area contributed by atoms with Crippen molar-refractivity contribution in [1.82, 2.24) is 10.6 Å². The molecule has 0 atom stereocenters. The smallest absolute Gasteiger partial charge is 0.246 e. The summed E-state index contributed by atoms with van der Waals surface area (Å²) < 4.78 is 5.69. The van der Waals surface area contributed by atoms with Gasteiger partial charge in [-0.2, -0.15) is 0 Å². The molecule has 1 amide bonds. The minimum atomic E-state index is -0.139. The summed E-state index contributed by atoms with van der Waals surface area (Å²) in [6.45, 7) is 11.0. The van der Waals surface area contributed by atoms with E-state index in [1.807, 2.05) is 0 Å². The van der Waals surface area contributed by atoms with Gasteiger partial charge in [0.15, 0.2) is 0 Å². The van der Waals surface area contributed by atoms with Crippen molar-refractivity contribution in [2.45, 2.75) is 71.4 Å². The second-order valence-electron chi connectivity index (χ2n) is 7.80. The summed E-state index contributed by atoms with van der Waals surface area (Å²) in [6, 6.07) is 0.345. The van der Waals surface area contributed by atoms with Gasteiger partial charge in [0.2, 0.25) is 5.91 Å². The number of rotatable bonds is 6. The molecular formula is C17H32N2O2. The first-order valence-corrected chi connectivity index (χ1v) is 8.49. The first-order valence-electron chi connectivity index (χ1n) is 8.49. The van der Waals surface area contributed by atoms with Gasteiger partial charge in [0.1, 0.15) is 6.61 Å². The number of hydrogen-bond acceptors (Lipinski definition) is 3. The Morgan fingerprint density at radius 1 is 1.29 bits per heavy atom. The van der Waals surface area contributed by atoms with E-state index in [-0.39, 0.29) is 18.1 Å². The summed E-state index contributed by atoms with van der Waals surface area (Å²) in [4.78, 5) is 12.0. The van der Waals surface area contributed by atoms with Crippen molar-refractivity contribution in [2.75, 3.05) is 19.7 Å². The lowest BCUT2D eigenvalue weighted by molar-refractivity contribution is -0.136. The second-order valence-corrected chi connectivity index (χ2v) is 7.80. The third-order valence-corrected chi connectivity index (χ3v) is 5.66. The van der Waals surface area contributed by atoms with Crippen molar-refractivity contribution in [3.63, 3.8) is 0 Å². The van der Waals surface area contributed by atoms with Gasteiger partial charge in [-0.05, 0) is 43.9 Å². The van der Waals surface area contributed by atoms with E-state index in [1.54, 1.807) is 0 Å². The summed E-state index contributed by atoms with van der Waals surface area (Å²) in [6.07, 6.45) is 5.91. The van der Waals surface area contributed by atoms with Crippen molar-refractivity contribution < 1.29 is 9.53 Å². The standard InChI is InChI=1S/C17H32N2O2/c1-5-16(2,3)13-6-8-14(9-7-13)19-15(20)10-21-17(4)11-18-12-17/h13-14,18H,5-12H2,1-4H3,(H,19,20). The molecule has 0 spiro atoms. The highest BCUT2D eigenvalue weighted by atomic mass is 16.5. The number of carbonyl (C=O) groups excluding carboxylic acids is 1. The molecule has 1 saturated carbocycles. The highest BCUT2D eigenvalue weighted by Gasteiger charge is 2.34. The van der Waals surface area contributed by atoms with E-state index in [2.05, 4.69) is 38.3 Å². The summed E-state index contributed by atoms with van der Waals surface area (Å²) in [5.41, 5.74) is 0.296. The molecule has 1 aliphatic heterocycles. The Balaban J connectivity index is 1.67. The molecule has 0 radical (unpaired) electrons. The van der Waals surface area contributed by atoms with Crippen molar-refractivity contribution in [1.29, 1.82) is 0 Å². The average molecular weight is 296 g/mol. The fourth-order valence-corrected chi connectivity index (χ4v) is 3.40. The van der Waals surface area contributed by atoms with Crippen LogP contribution in [-0.2, 0) is 9.53 Å². The summed E-state index contributed by atoms with van der Waals surface area (Å²) >= 11 is 0. The number of amides is 1. The fraction of sp³-hybridized carbons (Fsp3) is 0.941. The van der Waals surface area contributed by atoms with Gasteiger partial charge in [-0.1, -0.05) is 27.2 Å². The number of nitrogens with one attached hydrogen (secondary N) is 2. The lowest BCUT2D eigenvalue weighted by atomic mass is 9.69. The maximum absolute atomic E-state index is 12.0. The van der Waals surface area contributed by atoms with Gasteiger partial charge in [-0.15, -0.1) is 0 Å². The molecule has 0 unspecified atom stereocenters. The Morgan fingerprint density at radius 3 is 2.38 bits per heavy atom. The predicted octanol–water partition coefficient (Wildman–Crippen LogP) is 2.48. The van der Waals surface area contributed by atoms with Gasteiger partial charge in [0.25, 0.3) is 0 Å². The minimum Gasteiger partial charge on any atom is -0.363 e. The van der Waals surface area contributed by atoms with E-state index in [0.717, 1.165) is 31.8 Å². The molecule has 2 aliphatic rings. The topological polar surface area (TPSA) is 50.4 Å². The van der Waals surface area contributed by atoms with Crippen LogP contribution in [0.25, 0.3) is 0 Å². The van der Waals surface area contributed by atoms with E-state index >= 15 is 0 Å². The molecule has 1 saturated heterocycles. The lowest BCUT2D eigenvalue weighted by Crippen LogP contribution is -2.59. The number of hydrogen-bond donors (Lipinski definition) is 2. The van der Waals surface area contributed by atoms with Crippen LogP contribution in [0.1, 0.15) is 59.8 Å². The van der Waals surface area contributed by atoms with E-state index in [1.165, 1.54) is 19.3 Å². The molecule has 122 valence electrons. The van der Waals surface area contributed by atoms with Crippen molar-refractivity contribution in [2.24, 2.45) is 11.3 Å². The van der Waals surface area contributed by atoms with E-state index < -0.39 is 0 Å². The van der Waals surface area contributed by atoms with Crippen LogP contribution in [0.5, 0.6) is 0 Å². The fourth-order valence-electron chi connectivity index (χ4n) is 3.40. The van der Waals surface area contributed by atoms with Gasteiger partial charge < -0.3 is 15.4 Å². The molecule has 0 bridgehead atoms. The van der Waals surface area contributed by atoms with Gasteiger partial charge in [-0.3, -0.25) is 4.79 Å². The molecule has 1 heterocycles. The van der Waals surface area contributed by atoms with Gasteiger partial charge in [-0.25, -0.2) is 0 Å². The van der Waals surface area contributed by atoms with Gasteiger partial charge in [0.05, 0.1) is 5.60 Å². The summed E-state index contributed by atoms with van der Waals surface area (Å²) in [5, 5.41) is 6.32. The van der Waals surface area contributed by atoms with E-state index in [4.69, 9.17) is 4.74 Å². The molecular weight excluding hydrogens is 264 g/mol. The third kappa shape index (κ3) is 4.43.